The van der Waals surface area contributed by atoms with Crippen molar-refractivity contribution in [1.82, 2.24) is 5.32 Å². The number of rotatable bonds is 6. The van der Waals surface area contributed by atoms with E-state index in [1.165, 1.54) is 4.90 Å². The summed E-state index contributed by atoms with van der Waals surface area (Å²) in [5.74, 6) is -0.138. The predicted molar refractivity (Wildman–Crippen MR) is 90.4 cm³/mol. The average Bonchev–Trinajstić information content (AvgIpc) is 3.40. The molecule has 1 saturated heterocycles. The van der Waals surface area contributed by atoms with Crippen molar-refractivity contribution < 1.29 is 19.2 Å². The van der Waals surface area contributed by atoms with Gasteiger partial charge in [-0.2, -0.15) is 0 Å². The van der Waals surface area contributed by atoms with Gasteiger partial charge in [0.25, 0.3) is 5.91 Å². The van der Waals surface area contributed by atoms with Crippen LogP contribution in [0.5, 0.6) is 0 Å². The molecular formula is C19H27N2O3+. The lowest BCUT2D eigenvalue weighted by molar-refractivity contribution is -0.929. The molecule has 0 aromatic heterocycles. The molecule has 5 heteroatoms. The summed E-state index contributed by atoms with van der Waals surface area (Å²) in [6, 6.07) is 10.0. The topological polar surface area (TPSA) is 59.8 Å². The van der Waals surface area contributed by atoms with Gasteiger partial charge in [0, 0.05) is 11.6 Å². The molecule has 3 rings (SSSR count). The van der Waals surface area contributed by atoms with Gasteiger partial charge in [0.05, 0.1) is 19.7 Å². The van der Waals surface area contributed by atoms with E-state index in [9.17, 15) is 9.59 Å². The summed E-state index contributed by atoms with van der Waals surface area (Å²) in [4.78, 5) is 26.1. The summed E-state index contributed by atoms with van der Waals surface area (Å²) in [5, 5.41) is 3.14. The van der Waals surface area contributed by atoms with E-state index in [0.717, 1.165) is 37.8 Å². The Hall–Kier alpha value is -1.88. The molecule has 130 valence electrons. The fraction of sp³-hybridized carbons (Fsp3) is 0.579. The van der Waals surface area contributed by atoms with Crippen molar-refractivity contribution >= 4 is 11.9 Å². The molecular weight excluding hydrogens is 304 g/mol. The lowest BCUT2D eigenvalue weighted by Gasteiger charge is -2.34. The number of piperidine rings is 1. The maximum atomic E-state index is 12.8. The van der Waals surface area contributed by atoms with Crippen LogP contribution in [0.3, 0.4) is 0 Å². The van der Waals surface area contributed by atoms with Crippen molar-refractivity contribution in [3.05, 3.63) is 35.9 Å². The normalized spacial score (nSPS) is 24.9. The first kappa shape index (κ1) is 17.0. The molecule has 1 saturated carbocycles. The van der Waals surface area contributed by atoms with Crippen LogP contribution in [0.4, 0.5) is 0 Å². The van der Waals surface area contributed by atoms with Crippen LogP contribution in [0.15, 0.2) is 30.3 Å². The van der Waals surface area contributed by atoms with Gasteiger partial charge in [-0.15, -0.1) is 0 Å². The Balaban J connectivity index is 1.76. The maximum absolute atomic E-state index is 12.8. The molecule has 2 fully saturated rings. The van der Waals surface area contributed by atoms with E-state index in [0.29, 0.717) is 19.2 Å². The summed E-state index contributed by atoms with van der Waals surface area (Å²) in [6.07, 6.45) is 3.95. The molecule has 1 aliphatic heterocycles. The number of quaternary nitrogens is 1. The second kappa shape index (κ2) is 7.79. The van der Waals surface area contributed by atoms with E-state index in [2.05, 4.69) is 5.32 Å². The van der Waals surface area contributed by atoms with E-state index in [1.807, 2.05) is 37.3 Å². The number of ether oxygens (including phenoxy) is 1. The zero-order valence-corrected chi connectivity index (χ0v) is 14.3. The van der Waals surface area contributed by atoms with Crippen molar-refractivity contribution in [3.63, 3.8) is 0 Å². The molecule has 0 bridgehead atoms. The first-order valence-electron chi connectivity index (χ1n) is 9.05. The third-order valence-corrected chi connectivity index (χ3v) is 4.91. The molecule has 1 aromatic rings. The number of benzene rings is 1. The lowest BCUT2D eigenvalue weighted by atomic mass is 9.94. The Labute approximate surface area is 143 Å². The molecule has 0 radical (unpaired) electrons. The van der Waals surface area contributed by atoms with Gasteiger partial charge in [-0.25, -0.2) is 0 Å². The summed E-state index contributed by atoms with van der Waals surface area (Å²) >= 11 is 0. The Morgan fingerprint density at radius 2 is 2.00 bits per heavy atom. The van der Waals surface area contributed by atoms with E-state index < -0.39 is 0 Å². The highest BCUT2D eigenvalue weighted by Crippen LogP contribution is 2.21. The number of carbonyl (C=O) groups is 2. The number of hydrogen-bond acceptors (Lipinski definition) is 3. The Bertz CT molecular complexity index is 571. The maximum Gasteiger partial charge on any atom is 0.314 e. The first-order chi connectivity index (χ1) is 11.7. The third-order valence-electron chi connectivity index (χ3n) is 4.91. The standard InChI is InChI=1S/C19H26N2O3/c1-2-24-19(23)15-9-6-12-21(13-15)17(14-7-4-3-5-8-14)18(22)20-16-10-11-16/h3-5,7-8,15-17H,2,6,9-13H2,1H3,(H,20,22)/p+1/t15-,17-/m0/s1. The molecule has 1 aromatic carbocycles. The van der Waals surface area contributed by atoms with Crippen molar-refractivity contribution in [1.29, 1.82) is 0 Å². The molecule has 2 aliphatic rings. The van der Waals surface area contributed by atoms with Crippen LogP contribution in [-0.4, -0.2) is 37.6 Å². The largest absolute Gasteiger partial charge is 0.466 e. The summed E-state index contributed by atoms with van der Waals surface area (Å²) in [6.45, 7) is 3.82. The highest BCUT2D eigenvalue weighted by molar-refractivity contribution is 5.82. The number of likely N-dealkylation sites (tertiary alicyclic amines) is 1. The summed E-state index contributed by atoms with van der Waals surface area (Å²) in [7, 11) is 0. The average molecular weight is 331 g/mol. The van der Waals surface area contributed by atoms with Crippen LogP contribution >= 0.6 is 0 Å². The van der Waals surface area contributed by atoms with Gasteiger partial charge < -0.3 is 15.0 Å². The lowest BCUT2D eigenvalue weighted by Crippen LogP contribution is -3.15. The molecule has 3 atom stereocenters. The van der Waals surface area contributed by atoms with Crippen molar-refractivity contribution in [3.8, 4) is 0 Å². The van der Waals surface area contributed by atoms with Crippen LogP contribution in [-0.2, 0) is 14.3 Å². The first-order valence-corrected chi connectivity index (χ1v) is 9.05. The number of amides is 1. The number of nitrogens with one attached hydrogen (secondary N) is 2. The fourth-order valence-electron chi connectivity index (χ4n) is 3.55. The zero-order chi connectivity index (χ0) is 16.9. The van der Waals surface area contributed by atoms with Crippen molar-refractivity contribution in [2.45, 2.75) is 44.7 Å². The number of hydrogen-bond donors (Lipinski definition) is 2. The highest BCUT2D eigenvalue weighted by Gasteiger charge is 2.39. The molecule has 1 amide bonds. The smallest absolute Gasteiger partial charge is 0.314 e. The van der Waals surface area contributed by atoms with Gasteiger partial charge in [-0.05, 0) is 32.6 Å². The Morgan fingerprint density at radius 1 is 1.25 bits per heavy atom. The minimum atomic E-state index is -0.246. The summed E-state index contributed by atoms with van der Waals surface area (Å²) in [5.41, 5.74) is 1.02. The van der Waals surface area contributed by atoms with Gasteiger partial charge in [-0.3, -0.25) is 9.59 Å². The quantitative estimate of drug-likeness (QED) is 0.760. The highest BCUT2D eigenvalue weighted by atomic mass is 16.5. The molecule has 2 N–H and O–H groups in total. The van der Waals surface area contributed by atoms with E-state index in [1.54, 1.807) is 0 Å². The molecule has 1 aliphatic carbocycles. The van der Waals surface area contributed by atoms with Crippen LogP contribution in [0.2, 0.25) is 0 Å². The van der Waals surface area contributed by atoms with Gasteiger partial charge in [-0.1, -0.05) is 30.3 Å². The van der Waals surface area contributed by atoms with Crippen molar-refractivity contribution in [2.24, 2.45) is 5.92 Å². The molecule has 1 unspecified atom stereocenters. The van der Waals surface area contributed by atoms with Gasteiger partial charge in [0.1, 0.15) is 5.92 Å². The number of carbonyl (C=O) groups excluding carboxylic acids is 2. The Kier molecular flexibility index (Phi) is 5.51. The molecule has 0 spiro atoms. The molecule has 1 heterocycles. The minimum Gasteiger partial charge on any atom is -0.466 e. The van der Waals surface area contributed by atoms with E-state index >= 15 is 0 Å². The van der Waals surface area contributed by atoms with Crippen LogP contribution in [0.25, 0.3) is 0 Å². The summed E-state index contributed by atoms with van der Waals surface area (Å²) < 4.78 is 5.20. The molecule has 24 heavy (non-hydrogen) atoms. The van der Waals surface area contributed by atoms with Crippen molar-refractivity contribution in [2.75, 3.05) is 19.7 Å². The van der Waals surface area contributed by atoms with E-state index in [-0.39, 0.29) is 23.8 Å². The van der Waals surface area contributed by atoms with Gasteiger partial charge in [0.2, 0.25) is 0 Å². The van der Waals surface area contributed by atoms with Crippen LogP contribution in [0, 0.1) is 5.92 Å². The minimum absolute atomic E-state index is 0.0863. The SMILES string of the molecule is CCOC(=O)[C@H]1CCC[NH+]([C@H](C(=O)NC2CC2)c2ccccc2)C1. The van der Waals surface area contributed by atoms with Gasteiger partial charge in [0.15, 0.2) is 6.04 Å². The van der Waals surface area contributed by atoms with Crippen LogP contribution in [0.1, 0.15) is 44.2 Å². The van der Waals surface area contributed by atoms with E-state index in [4.69, 9.17) is 4.74 Å². The van der Waals surface area contributed by atoms with Gasteiger partial charge >= 0.3 is 5.97 Å². The zero-order valence-electron chi connectivity index (χ0n) is 14.3. The monoisotopic (exact) mass is 331 g/mol. The second-order valence-corrected chi connectivity index (χ2v) is 6.83. The predicted octanol–water partition coefficient (Wildman–Crippen LogP) is 0.864. The molecule has 5 nitrogen and oxygen atoms in total. The van der Waals surface area contributed by atoms with Crippen LogP contribution < -0.4 is 10.2 Å². The number of esters is 1. The second-order valence-electron chi connectivity index (χ2n) is 6.83. The third kappa shape index (κ3) is 4.15. The fourth-order valence-corrected chi connectivity index (χ4v) is 3.55. The Morgan fingerprint density at radius 3 is 2.67 bits per heavy atom.